The first kappa shape index (κ1) is 20.8. The van der Waals surface area contributed by atoms with Crippen LogP contribution in [-0.4, -0.2) is 24.1 Å². The lowest BCUT2D eigenvalue weighted by atomic mass is 10.0. The smallest absolute Gasteiger partial charge is 0.408 e. The molecule has 3 aromatic rings. The Labute approximate surface area is 175 Å². The molecule has 0 spiro atoms. The van der Waals surface area contributed by atoms with Crippen molar-refractivity contribution < 1.29 is 22.4 Å². The van der Waals surface area contributed by atoms with Crippen LogP contribution in [0, 0.1) is 0 Å². The number of oxazole rings is 1. The predicted molar refractivity (Wildman–Crippen MR) is 110 cm³/mol. The molecule has 31 heavy (non-hydrogen) atoms. The van der Waals surface area contributed by atoms with E-state index < -0.39 is 23.5 Å². The summed E-state index contributed by atoms with van der Waals surface area (Å²) in [7, 11) is 0. The lowest BCUT2D eigenvalue weighted by molar-refractivity contribution is -0.137. The maximum Gasteiger partial charge on any atom is 0.417 e. The van der Waals surface area contributed by atoms with Crippen LogP contribution in [0.15, 0.2) is 45.6 Å². The van der Waals surface area contributed by atoms with E-state index in [1.165, 1.54) is 6.07 Å². The number of amides is 2. The fourth-order valence-corrected chi connectivity index (χ4v) is 3.74. The summed E-state index contributed by atoms with van der Waals surface area (Å²) in [6.07, 6.45) is -1.56. The molecule has 1 saturated heterocycles. The standard InChI is InChI=1S/C21H21F3N4O3/c22-21(23,24)14-8-7-13(16(11-14)28-9-2-1-3-10-28)12-25-19(29)26-15-5-4-6-17-18(15)27-20(30)31-17/h4-8,11H,1-3,9-10,12H2,(H,27,30)(H2,25,26,29). The van der Waals surface area contributed by atoms with Gasteiger partial charge < -0.3 is 20.0 Å². The number of hydrogen-bond donors (Lipinski definition) is 3. The van der Waals surface area contributed by atoms with Crippen LogP contribution < -0.4 is 21.3 Å². The molecule has 10 heteroatoms. The summed E-state index contributed by atoms with van der Waals surface area (Å²) in [6.45, 7) is 1.40. The van der Waals surface area contributed by atoms with E-state index in [2.05, 4.69) is 15.6 Å². The van der Waals surface area contributed by atoms with Gasteiger partial charge in [0.25, 0.3) is 0 Å². The first-order valence-electron chi connectivity index (χ1n) is 9.93. The van der Waals surface area contributed by atoms with E-state index in [9.17, 15) is 22.8 Å². The molecule has 0 aliphatic carbocycles. The third-order valence-corrected chi connectivity index (χ3v) is 5.25. The second kappa shape index (κ2) is 8.37. The average molecular weight is 434 g/mol. The Morgan fingerprint density at radius 3 is 2.65 bits per heavy atom. The van der Waals surface area contributed by atoms with Gasteiger partial charge in [0, 0.05) is 25.3 Å². The van der Waals surface area contributed by atoms with Crippen LogP contribution in [0.1, 0.15) is 30.4 Å². The predicted octanol–water partition coefficient (Wildman–Crippen LogP) is 4.45. The van der Waals surface area contributed by atoms with Gasteiger partial charge in [-0.2, -0.15) is 13.2 Å². The molecule has 2 aromatic carbocycles. The fourth-order valence-electron chi connectivity index (χ4n) is 3.74. The summed E-state index contributed by atoms with van der Waals surface area (Å²) in [5.74, 6) is -0.638. The molecule has 1 fully saturated rings. The number of urea groups is 1. The minimum atomic E-state index is -4.44. The van der Waals surface area contributed by atoms with Gasteiger partial charge in [-0.1, -0.05) is 12.1 Å². The number of hydrogen-bond acceptors (Lipinski definition) is 4. The van der Waals surface area contributed by atoms with Gasteiger partial charge in [0.05, 0.1) is 11.3 Å². The third-order valence-electron chi connectivity index (χ3n) is 5.25. The van der Waals surface area contributed by atoms with Crippen molar-refractivity contribution in [1.82, 2.24) is 10.3 Å². The van der Waals surface area contributed by atoms with Gasteiger partial charge in [0.1, 0.15) is 5.52 Å². The Bertz CT molecular complexity index is 1150. The molecule has 2 heterocycles. The molecule has 0 bridgehead atoms. The highest BCUT2D eigenvalue weighted by molar-refractivity contribution is 5.98. The van der Waals surface area contributed by atoms with Crippen molar-refractivity contribution in [2.75, 3.05) is 23.3 Å². The molecular formula is C21H21F3N4O3. The van der Waals surface area contributed by atoms with Crippen molar-refractivity contribution in [3.8, 4) is 0 Å². The number of alkyl halides is 3. The van der Waals surface area contributed by atoms with Gasteiger partial charge in [0.2, 0.25) is 0 Å². The van der Waals surface area contributed by atoms with E-state index in [0.29, 0.717) is 41.1 Å². The summed E-state index contributed by atoms with van der Waals surface area (Å²) in [6, 6.07) is 7.84. The number of carbonyl (C=O) groups excluding carboxylic acids is 1. The number of para-hydroxylation sites is 1. The van der Waals surface area contributed by atoms with Crippen molar-refractivity contribution in [3.05, 3.63) is 58.1 Å². The van der Waals surface area contributed by atoms with E-state index >= 15 is 0 Å². The number of benzene rings is 2. The first-order valence-corrected chi connectivity index (χ1v) is 9.93. The van der Waals surface area contributed by atoms with Crippen molar-refractivity contribution in [1.29, 1.82) is 0 Å². The largest absolute Gasteiger partial charge is 0.417 e. The molecule has 7 nitrogen and oxygen atoms in total. The second-order valence-electron chi connectivity index (χ2n) is 7.39. The van der Waals surface area contributed by atoms with Crippen molar-refractivity contribution in [2.24, 2.45) is 0 Å². The van der Waals surface area contributed by atoms with Crippen LogP contribution in [0.25, 0.3) is 11.1 Å². The minimum Gasteiger partial charge on any atom is -0.408 e. The molecule has 1 aliphatic rings. The van der Waals surface area contributed by atoms with Crippen LogP contribution >= 0.6 is 0 Å². The zero-order valence-electron chi connectivity index (χ0n) is 16.5. The number of halogens is 3. The minimum absolute atomic E-state index is 0.0493. The number of nitrogens with zero attached hydrogens (tertiary/aromatic N) is 1. The highest BCUT2D eigenvalue weighted by Crippen LogP contribution is 2.34. The maximum absolute atomic E-state index is 13.2. The first-order chi connectivity index (χ1) is 14.8. The Morgan fingerprint density at radius 2 is 1.90 bits per heavy atom. The molecule has 0 unspecified atom stereocenters. The number of rotatable bonds is 4. The Hall–Kier alpha value is -3.43. The SMILES string of the molecule is O=C(NCc1ccc(C(F)(F)F)cc1N1CCCCC1)Nc1cccc2oc(=O)[nH]c12. The zero-order chi connectivity index (χ0) is 22.0. The zero-order valence-corrected chi connectivity index (χ0v) is 16.5. The summed E-state index contributed by atoms with van der Waals surface area (Å²) >= 11 is 0. The van der Waals surface area contributed by atoms with E-state index in [1.807, 2.05) is 4.90 Å². The molecule has 0 atom stereocenters. The van der Waals surface area contributed by atoms with Gasteiger partial charge in [-0.05, 0) is 49.1 Å². The number of aromatic amines is 1. The lowest BCUT2D eigenvalue weighted by Gasteiger charge is -2.31. The maximum atomic E-state index is 13.2. The highest BCUT2D eigenvalue weighted by Gasteiger charge is 2.31. The van der Waals surface area contributed by atoms with Gasteiger partial charge >= 0.3 is 18.0 Å². The number of fused-ring (bicyclic) bond motifs is 1. The molecule has 0 saturated carbocycles. The normalized spacial score (nSPS) is 14.6. The number of carbonyl (C=O) groups is 1. The van der Waals surface area contributed by atoms with Crippen LogP contribution in [0.2, 0.25) is 0 Å². The summed E-state index contributed by atoms with van der Waals surface area (Å²) in [5, 5.41) is 5.31. The van der Waals surface area contributed by atoms with Crippen molar-refractivity contribution in [2.45, 2.75) is 32.0 Å². The molecule has 0 radical (unpaired) electrons. The van der Waals surface area contributed by atoms with Crippen LogP contribution in [0.5, 0.6) is 0 Å². The van der Waals surface area contributed by atoms with Crippen LogP contribution in [0.4, 0.5) is 29.3 Å². The molecule has 164 valence electrons. The van der Waals surface area contributed by atoms with Crippen molar-refractivity contribution >= 4 is 28.5 Å². The number of piperidine rings is 1. The Balaban J connectivity index is 1.51. The molecular weight excluding hydrogens is 413 g/mol. The van der Waals surface area contributed by atoms with Gasteiger partial charge in [-0.25, -0.2) is 9.59 Å². The topological polar surface area (TPSA) is 90.4 Å². The summed E-state index contributed by atoms with van der Waals surface area (Å²) in [4.78, 5) is 28.2. The molecule has 4 rings (SSSR count). The Morgan fingerprint density at radius 1 is 1.13 bits per heavy atom. The molecule has 2 amide bonds. The third kappa shape index (κ3) is 4.68. The highest BCUT2D eigenvalue weighted by atomic mass is 19.4. The van der Waals surface area contributed by atoms with Crippen molar-refractivity contribution in [3.63, 3.8) is 0 Å². The number of aromatic nitrogens is 1. The molecule has 3 N–H and O–H groups in total. The van der Waals surface area contributed by atoms with Gasteiger partial charge in [-0.15, -0.1) is 0 Å². The Kier molecular flexibility index (Phi) is 5.62. The quantitative estimate of drug-likeness (QED) is 0.566. The van der Waals surface area contributed by atoms with E-state index in [4.69, 9.17) is 4.42 Å². The van der Waals surface area contributed by atoms with E-state index in [-0.39, 0.29) is 6.54 Å². The van der Waals surface area contributed by atoms with E-state index in [1.54, 1.807) is 18.2 Å². The fraction of sp³-hybridized carbons (Fsp3) is 0.333. The van der Waals surface area contributed by atoms with Gasteiger partial charge in [0.15, 0.2) is 5.58 Å². The number of anilines is 2. The summed E-state index contributed by atoms with van der Waals surface area (Å²) in [5.41, 5.74) is 1.38. The number of nitrogens with one attached hydrogen (secondary N) is 3. The summed E-state index contributed by atoms with van der Waals surface area (Å²) < 4.78 is 44.6. The van der Waals surface area contributed by atoms with E-state index in [0.717, 1.165) is 31.4 Å². The lowest BCUT2D eigenvalue weighted by Crippen LogP contribution is -2.33. The average Bonchev–Trinajstić information content (AvgIpc) is 3.13. The second-order valence-corrected chi connectivity index (χ2v) is 7.39. The van der Waals surface area contributed by atoms with Gasteiger partial charge in [-0.3, -0.25) is 4.98 Å². The molecule has 1 aliphatic heterocycles. The van der Waals surface area contributed by atoms with Crippen LogP contribution in [0.3, 0.4) is 0 Å². The monoisotopic (exact) mass is 434 g/mol. The molecule has 1 aromatic heterocycles. The number of H-pyrrole nitrogens is 1. The van der Waals surface area contributed by atoms with Crippen LogP contribution in [-0.2, 0) is 12.7 Å².